The highest BCUT2D eigenvalue weighted by atomic mass is 32.2. The number of hydrogen-bond acceptors (Lipinski definition) is 8. The lowest BCUT2D eigenvalue weighted by Gasteiger charge is -2.19. The van der Waals surface area contributed by atoms with Crippen LogP contribution in [0.5, 0.6) is 11.5 Å². The Morgan fingerprint density at radius 2 is 1.86 bits per heavy atom. The molecule has 0 fully saturated rings. The molecule has 1 aliphatic rings. The Hall–Kier alpha value is -3.60. The minimum atomic E-state index is -3.90. The number of nitrogens with zero attached hydrogens (tertiary/aromatic N) is 2. The number of rotatable bonds is 5. The number of sulfonamides is 1. The molecule has 1 aliphatic heterocycles. The maximum absolute atomic E-state index is 12.7. The number of ether oxygens (including phenoxy) is 2. The van der Waals surface area contributed by atoms with E-state index in [0.29, 0.717) is 30.5 Å². The zero-order valence-electron chi connectivity index (χ0n) is 15.2. The van der Waals surface area contributed by atoms with Gasteiger partial charge in [0.05, 0.1) is 4.90 Å². The predicted octanol–water partition coefficient (Wildman–Crippen LogP) is 2.20. The van der Waals surface area contributed by atoms with Crippen LogP contribution >= 0.6 is 0 Å². The highest BCUT2D eigenvalue weighted by Crippen LogP contribution is 2.32. The van der Waals surface area contributed by atoms with E-state index in [1.807, 2.05) is 0 Å². The summed E-state index contributed by atoms with van der Waals surface area (Å²) in [6, 6.07) is 10.3. The number of anilines is 2. The average Bonchev–Trinajstić information content (AvgIpc) is 3.12. The molecule has 0 bridgehead atoms. The standard InChI is InChI=1S/C18H16N4O6S/c1-11-19-18(28-21-11)20-17(23)12-3-2-4-13(9-12)22-29(24,25)14-5-6-15-16(10-14)27-8-7-26-15/h2-6,9-10,22H,7-8H2,1H3,(H,19,20,21,23). The lowest BCUT2D eigenvalue weighted by molar-refractivity contribution is 0.102. The van der Waals surface area contributed by atoms with Gasteiger partial charge in [0.25, 0.3) is 15.9 Å². The molecule has 2 heterocycles. The first-order valence-electron chi connectivity index (χ1n) is 8.55. The average molecular weight is 416 g/mol. The van der Waals surface area contributed by atoms with Crippen LogP contribution in [0.2, 0.25) is 0 Å². The van der Waals surface area contributed by atoms with Gasteiger partial charge in [-0.2, -0.15) is 4.98 Å². The number of aromatic nitrogens is 2. The molecule has 0 saturated heterocycles. The summed E-state index contributed by atoms with van der Waals surface area (Å²) in [5.41, 5.74) is 0.428. The molecule has 11 heteroatoms. The molecule has 3 aromatic rings. The van der Waals surface area contributed by atoms with Gasteiger partial charge in [-0.15, -0.1) is 0 Å². The second-order valence-corrected chi connectivity index (χ2v) is 7.78. The predicted molar refractivity (Wildman–Crippen MR) is 102 cm³/mol. The Balaban J connectivity index is 1.53. The number of benzene rings is 2. The van der Waals surface area contributed by atoms with Gasteiger partial charge in [-0.25, -0.2) is 8.42 Å². The van der Waals surface area contributed by atoms with E-state index in [0.717, 1.165) is 0 Å². The van der Waals surface area contributed by atoms with Crippen LogP contribution in [-0.4, -0.2) is 37.7 Å². The van der Waals surface area contributed by atoms with Crippen LogP contribution in [0.3, 0.4) is 0 Å². The monoisotopic (exact) mass is 416 g/mol. The molecule has 29 heavy (non-hydrogen) atoms. The van der Waals surface area contributed by atoms with Crippen molar-refractivity contribution in [2.45, 2.75) is 11.8 Å². The SMILES string of the molecule is Cc1noc(NC(=O)c2cccc(NS(=O)(=O)c3ccc4c(c3)OCCO4)c2)n1. The van der Waals surface area contributed by atoms with Gasteiger partial charge in [0.2, 0.25) is 0 Å². The molecular weight excluding hydrogens is 400 g/mol. The van der Waals surface area contributed by atoms with Crippen molar-refractivity contribution < 1.29 is 27.2 Å². The molecule has 0 spiro atoms. The van der Waals surface area contributed by atoms with Crippen molar-refractivity contribution >= 4 is 27.6 Å². The van der Waals surface area contributed by atoms with E-state index >= 15 is 0 Å². The van der Waals surface area contributed by atoms with Crippen LogP contribution < -0.4 is 19.5 Å². The summed E-state index contributed by atoms with van der Waals surface area (Å²) in [7, 11) is -3.90. The minimum absolute atomic E-state index is 0.0120. The van der Waals surface area contributed by atoms with Gasteiger partial charge in [-0.1, -0.05) is 11.2 Å². The third kappa shape index (κ3) is 4.14. The fourth-order valence-corrected chi connectivity index (χ4v) is 3.71. The van der Waals surface area contributed by atoms with E-state index in [4.69, 9.17) is 14.0 Å². The molecule has 0 atom stereocenters. The molecule has 2 N–H and O–H groups in total. The highest BCUT2D eigenvalue weighted by molar-refractivity contribution is 7.92. The van der Waals surface area contributed by atoms with Crippen LogP contribution in [0.1, 0.15) is 16.2 Å². The molecule has 1 aromatic heterocycles. The maximum atomic E-state index is 12.7. The van der Waals surface area contributed by atoms with Gasteiger partial charge in [-0.3, -0.25) is 14.8 Å². The minimum Gasteiger partial charge on any atom is -0.486 e. The fraction of sp³-hybridized carbons (Fsp3) is 0.167. The number of nitrogens with one attached hydrogen (secondary N) is 2. The number of aryl methyl sites for hydroxylation is 1. The quantitative estimate of drug-likeness (QED) is 0.647. The van der Waals surface area contributed by atoms with E-state index in [1.165, 1.54) is 30.3 Å². The summed E-state index contributed by atoms with van der Waals surface area (Å²) in [4.78, 5) is 16.2. The highest BCUT2D eigenvalue weighted by Gasteiger charge is 2.20. The summed E-state index contributed by atoms with van der Waals surface area (Å²) < 4.78 is 43.6. The summed E-state index contributed by atoms with van der Waals surface area (Å²) in [5, 5.41) is 6.03. The normalized spacial score (nSPS) is 13.0. The lowest BCUT2D eigenvalue weighted by atomic mass is 10.2. The second-order valence-electron chi connectivity index (χ2n) is 6.09. The first-order valence-corrected chi connectivity index (χ1v) is 10.0. The number of fused-ring (bicyclic) bond motifs is 1. The van der Waals surface area contributed by atoms with Gasteiger partial charge in [0.15, 0.2) is 17.3 Å². The number of carbonyl (C=O) groups is 1. The van der Waals surface area contributed by atoms with Crippen molar-refractivity contribution in [2.75, 3.05) is 23.3 Å². The zero-order chi connectivity index (χ0) is 20.4. The molecule has 1 amide bonds. The third-order valence-corrected chi connectivity index (χ3v) is 5.33. The molecule has 2 aromatic carbocycles. The molecule has 4 rings (SSSR count). The summed E-state index contributed by atoms with van der Waals surface area (Å²) in [6.45, 7) is 2.38. The largest absolute Gasteiger partial charge is 0.486 e. The van der Waals surface area contributed by atoms with Gasteiger partial charge < -0.3 is 14.0 Å². The third-order valence-electron chi connectivity index (χ3n) is 3.95. The van der Waals surface area contributed by atoms with E-state index in [1.54, 1.807) is 19.1 Å². The number of amides is 1. The molecule has 0 radical (unpaired) electrons. The molecule has 0 aliphatic carbocycles. The lowest BCUT2D eigenvalue weighted by Crippen LogP contribution is -2.17. The Kier molecular flexibility index (Phi) is 4.80. The van der Waals surface area contributed by atoms with Crippen molar-refractivity contribution in [3.63, 3.8) is 0 Å². The van der Waals surface area contributed by atoms with Crippen molar-refractivity contribution in [3.05, 3.63) is 53.9 Å². The van der Waals surface area contributed by atoms with Crippen LogP contribution in [0.25, 0.3) is 0 Å². The summed E-state index contributed by atoms with van der Waals surface area (Å²) >= 11 is 0. The molecule has 10 nitrogen and oxygen atoms in total. The Morgan fingerprint density at radius 1 is 1.07 bits per heavy atom. The van der Waals surface area contributed by atoms with Crippen molar-refractivity contribution in [1.82, 2.24) is 10.1 Å². The van der Waals surface area contributed by atoms with E-state index in [-0.39, 0.29) is 22.2 Å². The van der Waals surface area contributed by atoms with Crippen LogP contribution in [0.4, 0.5) is 11.7 Å². The van der Waals surface area contributed by atoms with Crippen molar-refractivity contribution in [2.24, 2.45) is 0 Å². The van der Waals surface area contributed by atoms with Gasteiger partial charge in [0.1, 0.15) is 13.2 Å². The Labute approximate surface area is 165 Å². The van der Waals surface area contributed by atoms with Gasteiger partial charge >= 0.3 is 6.01 Å². The van der Waals surface area contributed by atoms with Gasteiger partial charge in [-0.05, 0) is 37.3 Å². The Bertz CT molecular complexity index is 1170. The molecule has 150 valence electrons. The first-order chi connectivity index (χ1) is 13.9. The summed E-state index contributed by atoms with van der Waals surface area (Å²) in [6.07, 6.45) is 0. The first kappa shape index (κ1) is 18.7. The smallest absolute Gasteiger partial charge is 0.328 e. The van der Waals surface area contributed by atoms with Gasteiger partial charge in [0, 0.05) is 17.3 Å². The summed E-state index contributed by atoms with van der Waals surface area (Å²) in [5.74, 6) is 0.711. The topological polar surface area (TPSA) is 133 Å². The van der Waals surface area contributed by atoms with Crippen molar-refractivity contribution in [1.29, 1.82) is 0 Å². The van der Waals surface area contributed by atoms with Crippen LogP contribution in [0, 0.1) is 6.92 Å². The molecule has 0 saturated carbocycles. The van der Waals surface area contributed by atoms with Crippen molar-refractivity contribution in [3.8, 4) is 11.5 Å². The van der Waals surface area contributed by atoms with Crippen LogP contribution in [-0.2, 0) is 10.0 Å². The number of hydrogen-bond donors (Lipinski definition) is 2. The maximum Gasteiger partial charge on any atom is 0.328 e. The second kappa shape index (κ2) is 7.43. The van der Waals surface area contributed by atoms with E-state index < -0.39 is 15.9 Å². The number of carbonyl (C=O) groups excluding carboxylic acids is 1. The fourth-order valence-electron chi connectivity index (χ4n) is 2.65. The van der Waals surface area contributed by atoms with E-state index in [2.05, 4.69) is 20.2 Å². The van der Waals surface area contributed by atoms with E-state index in [9.17, 15) is 13.2 Å². The Morgan fingerprint density at radius 3 is 2.62 bits per heavy atom. The molecular formula is C18H16N4O6S. The molecule has 0 unspecified atom stereocenters. The zero-order valence-corrected chi connectivity index (χ0v) is 16.0. The van der Waals surface area contributed by atoms with Crippen LogP contribution in [0.15, 0.2) is 51.9 Å².